The number of ether oxygens (including phenoxy) is 3. The van der Waals surface area contributed by atoms with Gasteiger partial charge in [0.1, 0.15) is 5.92 Å². The van der Waals surface area contributed by atoms with Crippen LogP contribution in [0.4, 0.5) is 0 Å². The molecule has 1 aromatic heterocycles. The molecule has 3 atom stereocenters. The number of nitrogens with one attached hydrogen (secondary N) is 1. The second-order valence-electron chi connectivity index (χ2n) is 6.15. The van der Waals surface area contributed by atoms with E-state index in [1.54, 1.807) is 6.20 Å². The highest BCUT2D eigenvalue weighted by Gasteiger charge is 2.58. The Morgan fingerprint density at radius 2 is 2.12 bits per heavy atom. The number of aromatic amines is 1. The maximum atomic E-state index is 12.7. The normalized spacial score (nSPS) is 29.4. The number of aromatic nitrogens is 1. The second kappa shape index (κ2) is 5.98. The lowest BCUT2D eigenvalue weighted by Crippen LogP contribution is -2.57. The summed E-state index contributed by atoms with van der Waals surface area (Å²) in [6.45, 7) is 4.82. The highest BCUT2D eigenvalue weighted by Crippen LogP contribution is 2.50. The minimum atomic E-state index is -0.871. The summed E-state index contributed by atoms with van der Waals surface area (Å²) in [5.74, 6) is -2.09. The van der Waals surface area contributed by atoms with Gasteiger partial charge in [-0.15, -0.1) is 0 Å². The molecule has 1 aromatic rings. The third-order valence-electron chi connectivity index (χ3n) is 5.08. The first-order valence-electron chi connectivity index (χ1n) is 7.87. The van der Waals surface area contributed by atoms with Crippen LogP contribution in [0.1, 0.15) is 25.5 Å². The Hall–Kier alpha value is -2.28. The first-order chi connectivity index (χ1) is 11.5. The van der Waals surface area contributed by atoms with Crippen molar-refractivity contribution in [2.45, 2.75) is 25.5 Å². The summed E-state index contributed by atoms with van der Waals surface area (Å²) >= 11 is 0. The van der Waals surface area contributed by atoms with Gasteiger partial charge in [0.15, 0.2) is 5.72 Å². The van der Waals surface area contributed by atoms with Crippen molar-refractivity contribution >= 4 is 11.9 Å². The summed E-state index contributed by atoms with van der Waals surface area (Å²) in [6, 6.07) is 3.68. The van der Waals surface area contributed by atoms with Gasteiger partial charge in [0, 0.05) is 24.1 Å². The van der Waals surface area contributed by atoms with E-state index >= 15 is 0 Å². The highest BCUT2D eigenvalue weighted by atomic mass is 16.5. The molecule has 7 heteroatoms. The van der Waals surface area contributed by atoms with E-state index in [1.165, 1.54) is 14.2 Å². The van der Waals surface area contributed by atoms with E-state index in [0.29, 0.717) is 18.7 Å². The van der Waals surface area contributed by atoms with Crippen LogP contribution in [0.15, 0.2) is 29.6 Å². The van der Waals surface area contributed by atoms with Crippen LogP contribution in [0.25, 0.3) is 0 Å². The second-order valence-corrected chi connectivity index (χ2v) is 6.15. The van der Waals surface area contributed by atoms with Gasteiger partial charge in [0.2, 0.25) is 0 Å². The van der Waals surface area contributed by atoms with Gasteiger partial charge in [-0.05, 0) is 26.0 Å². The number of fused-ring (bicyclic) bond motifs is 1. The van der Waals surface area contributed by atoms with Crippen molar-refractivity contribution in [2.24, 2.45) is 5.92 Å². The average Bonchev–Trinajstić information content (AvgIpc) is 3.22. The number of hydrogen-bond acceptors (Lipinski definition) is 6. The van der Waals surface area contributed by atoms with Crippen molar-refractivity contribution in [2.75, 3.05) is 27.4 Å². The maximum Gasteiger partial charge on any atom is 0.336 e. The van der Waals surface area contributed by atoms with Crippen LogP contribution in [0.5, 0.6) is 0 Å². The van der Waals surface area contributed by atoms with Crippen LogP contribution in [0.2, 0.25) is 0 Å². The zero-order valence-electron chi connectivity index (χ0n) is 14.3. The molecule has 0 aromatic carbocycles. The topological polar surface area (TPSA) is 80.9 Å². The summed E-state index contributed by atoms with van der Waals surface area (Å²) in [6.07, 6.45) is 1.76. The van der Waals surface area contributed by atoms with Gasteiger partial charge in [-0.2, -0.15) is 0 Å². The Kier molecular flexibility index (Phi) is 4.13. The summed E-state index contributed by atoms with van der Waals surface area (Å²) in [5.41, 5.74) is 1.10. The number of methoxy groups -OCH3 is 2. The number of allylic oxidation sites excluding steroid dienone is 1. The molecule has 2 aliphatic heterocycles. The van der Waals surface area contributed by atoms with Gasteiger partial charge >= 0.3 is 11.9 Å². The fourth-order valence-corrected chi connectivity index (χ4v) is 3.99. The van der Waals surface area contributed by atoms with E-state index in [-0.39, 0.29) is 0 Å². The minimum Gasteiger partial charge on any atom is -0.469 e. The first-order valence-corrected chi connectivity index (χ1v) is 7.87. The molecule has 3 rings (SSSR count). The zero-order chi connectivity index (χ0) is 17.5. The molecule has 0 radical (unpaired) electrons. The smallest absolute Gasteiger partial charge is 0.336 e. The Morgan fingerprint density at radius 1 is 1.38 bits per heavy atom. The summed E-state index contributed by atoms with van der Waals surface area (Å²) < 4.78 is 16.0. The van der Waals surface area contributed by atoms with Crippen molar-refractivity contribution in [3.05, 3.63) is 35.3 Å². The molecule has 0 bridgehead atoms. The van der Waals surface area contributed by atoms with Crippen LogP contribution in [0, 0.1) is 5.92 Å². The van der Waals surface area contributed by atoms with Crippen LogP contribution in [-0.4, -0.2) is 54.9 Å². The minimum absolute atomic E-state index is 0.419. The summed E-state index contributed by atoms with van der Waals surface area (Å²) in [7, 11) is 2.69. The van der Waals surface area contributed by atoms with Gasteiger partial charge < -0.3 is 24.1 Å². The molecule has 0 spiro atoms. The fourth-order valence-electron chi connectivity index (χ4n) is 3.99. The van der Waals surface area contributed by atoms with E-state index in [1.807, 2.05) is 30.9 Å². The molecule has 0 saturated carbocycles. The first kappa shape index (κ1) is 16.6. The number of carbonyl (C=O) groups is 2. The number of esters is 2. The molecule has 1 N–H and O–H groups in total. The van der Waals surface area contributed by atoms with Crippen LogP contribution in [0.3, 0.4) is 0 Å². The molecule has 130 valence electrons. The van der Waals surface area contributed by atoms with Crippen molar-refractivity contribution in [3.8, 4) is 0 Å². The lowest BCUT2D eigenvalue weighted by Gasteiger charge is -2.48. The summed E-state index contributed by atoms with van der Waals surface area (Å²) in [5, 5.41) is 0. The molecule has 0 amide bonds. The number of nitrogens with zero attached hydrogens (tertiary/aromatic N) is 1. The van der Waals surface area contributed by atoms with Gasteiger partial charge in [0.05, 0.1) is 32.3 Å². The predicted molar refractivity (Wildman–Crippen MR) is 84.8 cm³/mol. The third-order valence-corrected chi connectivity index (χ3v) is 5.08. The van der Waals surface area contributed by atoms with Gasteiger partial charge in [0.25, 0.3) is 0 Å². The Morgan fingerprint density at radius 3 is 2.71 bits per heavy atom. The zero-order valence-corrected chi connectivity index (χ0v) is 14.3. The van der Waals surface area contributed by atoms with Crippen molar-refractivity contribution in [3.63, 3.8) is 0 Å². The van der Waals surface area contributed by atoms with Crippen molar-refractivity contribution < 1.29 is 23.8 Å². The van der Waals surface area contributed by atoms with E-state index in [0.717, 1.165) is 11.4 Å². The third kappa shape index (κ3) is 2.23. The van der Waals surface area contributed by atoms with Gasteiger partial charge in [-0.25, -0.2) is 4.79 Å². The molecule has 24 heavy (non-hydrogen) atoms. The van der Waals surface area contributed by atoms with E-state index in [4.69, 9.17) is 14.2 Å². The molecular weight excluding hydrogens is 312 g/mol. The monoisotopic (exact) mass is 334 g/mol. The SMILES string of the molecule is COC(=O)C1=C(C)N2CCO[C@@]2(C)[C@@H](C(=O)OC)[C@@H]1c1ccc[nH]1. The lowest BCUT2D eigenvalue weighted by atomic mass is 9.73. The standard InChI is InChI=1S/C17H22N2O5/c1-10-12(15(20)22-3)13(11-6-5-7-18-11)14(16(21)23-4)17(2)19(10)8-9-24-17/h5-7,13-14,18H,8-9H2,1-4H3/t13-,14-,17+/m1/s1. The van der Waals surface area contributed by atoms with E-state index < -0.39 is 29.5 Å². The molecule has 0 aliphatic carbocycles. The van der Waals surface area contributed by atoms with Gasteiger partial charge in [-0.1, -0.05) is 0 Å². The molecule has 1 saturated heterocycles. The van der Waals surface area contributed by atoms with Crippen LogP contribution >= 0.6 is 0 Å². The Labute approximate surface area is 140 Å². The molecule has 2 aliphatic rings. The summed E-state index contributed by atoms with van der Waals surface area (Å²) in [4.78, 5) is 30.3. The van der Waals surface area contributed by atoms with Crippen molar-refractivity contribution in [1.29, 1.82) is 0 Å². The average molecular weight is 334 g/mol. The number of carbonyl (C=O) groups excluding carboxylic acids is 2. The number of rotatable bonds is 3. The van der Waals surface area contributed by atoms with E-state index in [2.05, 4.69) is 4.98 Å². The predicted octanol–water partition coefficient (Wildman–Crippen LogP) is 1.40. The largest absolute Gasteiger partial charge is 0.469 e. The van der Waals surface area contributed by atoms with E-state index in [9.17, 15) is 9.59 Å². The maximum absolute atomic E-state index is 12.7. The number of hydrogen-bond donors (Lipinski definition) is 1. The molecule has 7 nitrogen and oxygen atoms in total. The Balaban J connectivity index is 2.25. The molecule has 3 heterocycles. The lowest BCUT2D eigenvalue weighted by molar-refractivity contribution is -0.171. The highest BCUT2D eigenvalue weighted by molar-refractivity contribution is 5.93. The van der Waals surface area contributed by atoms with Gasteiger partial charge in [-0.3, -0.25) is 4.79 Å². The molecule has 1 fully saturated rings. The fraction of sp³-hybridized carbons (Fsp3) is 0.529. The Bertz CT molecular complexity index is 681. The van der Waals surface area contributed by atoms with Crippen LogP contribution < -0.4 is 0 Å². The van der Waals surface area contributed by atoms with Crippen molar-refractivity contribution in [1.82, 2.24) is 9.88 Å². The molecule has 0 unspecified atom stereocenters. The number of H-pyrrole nitrogens is 1. The van der Waals surface area contributed by atoms with Crippen LogP contribution in [-0.2, 0) is 23.8 Å². The molecular formula is C17H22N2O5. The quantitative estimate of drug-likeness (QED) is 0.842.